The fraction of sp³-hybridized carbons (Fsp3) is 0.591. The molecular weight excluding hydrogens is 338 g/mol. The number of carbonyl (C=O) groups is 1. The molecule has 0 radical (unpaired) electrons. The Morgan fingerprint density at radius 1 is 1.19 bits per heavy atom. The van der Waals surface area contributed by atoms with Crippen molar-refractivity contribution in [2.24, 2.45) is 5.41 Å². The number of likely N-dealkylation sites (tertiary alicyclic amines) is 2. The number of aliphatic hydroxyl groups is 1. The van der Waals surface area contributed by atoms with Crippen LogP contribution >= 0.6 is 0 Å². The van der Waals surface area contributed by atoms with Crippen LogP contribution < -0.4 is 0 Å². The second-order valence-electron chi connectivity index (χ2n) is 8.35. The number of β-amino-alcohol motifs (C(OH)–C–C–N with tert-alkyl or cyclic N) is 1. The van der Waals surface area contributed by atoms with Gasteiger partial charge in [0, 0.05) is 56.3 Å². The Labute approximate surface area is 161 Å². The second-order valence-corrected chi connectivity index (χ2v) is 8.35. The minimum absolute atomic E-state index is 0.0585. The van der Waals surface area contributed by atoms with E-state index >= 15 is 0 Å². The lowest BCUT2D eigenvalue weighted by atomic mass is 9.73. The average molecular weight is 370 g/mol. The summed E-state index contributed by atoms with van der Waals surface area (Å²) in [5.74, 6) is 0.206. The molecule has 1 atom stereocenters. The number of fused-ring (bicyclic) bond motifs is 1. The zero-order valence-electron chi connectivity index (χ0n) is 16.4. The molecule has 0 bridgehead atoms. The summed E-state index contributed by atoms with van der Waals surface area (Å²) in [4.78, 5) is 16.6. The van der Waals surface area contributed by atoms with Crippen LogP contribution in [0.5, 0.6) is 0 Å². The number of amides is 1. The zero-order chi connectivity index (χ0) is 18.9. The van der Waals surface area contributed by atoms with Gasteiger partial charge in [-0.25, -0.2) is 0 Å². The van der Waals surface area contributed by atoms with E-state index in [1.54, 1.807) is 0 Å². The predicted octanol–water partition coefficient (Wildman–Crippen LogP) is 2.86. The lowest BCUT2D eigenvalue weighted by Crippen LogP contribution is -2.54. The highest BCUT2D eigenvalue weighted by Gasteiger charge is 2.41. The van der Waals surface area contributed by atoms with Crippen molar-refractivity contribution in [3.8, 4) is 0 Å². The van der Waals surface area contributed by atoms with Gasteiger partial charge in [0.2, 0.25) is 5.91 Å². The summed E-state index contributed by atoms with van der Waals surface area (Å²) in [6.45, 7) is 7.68. The van der Waals surface area contributed by atoms with Crippen molar-refractivity contribution in [3.05, 3.63) is 36.0 Å². The highest BCUT2D eigenvalue weighted by molar-refractivity contribution is 5.80. The van der Waals surface area contributed by atoms with Gasteiger partial charge >= 0.3 is 0 Å². The maximum absolute atomic E-state index is 12.1. The van der Waals surface area contributed by atoms with Crippen molar-refractivity contribution in [2.75, 3.05) is 32.8 Å². The van der Waals surface area contributed by atoms with E-state index in [9.17, 15) is 9.90 Å². The quantitative estimate of drug-likeness (QED) is 0.882. The van der Waals surface area contributed by atoms with E-state index in [1.165, 1.54) is 29.3 Å². The van der Waals surface area contributed by atoms with Crippen LogP contribution in [0.15, 0.2) is 30.5 Å². The summed E-state index contributed by atoms with van der Waals surface area (Å²) in [5, 5.41) is 10.6. The second kappa shape index (κ2) is 7.64. The van der Waals surface area contributed by atoms with Gasteiger partial charge in [0.25, 0.3) is 0 Å². The average Bonchev–Trinajstić information content (AvgIpc) is 3.08. The third-order valence-electron chi connectivity index (χ3n) is 6.44. The van der Waals surface area contributed by atoms with Crippen LogP contribution in [0.1, 0.15) is 38.2 Å². The first-order chi connectivity index (χ1) is 13.1. The Morgan fingerprint density at radius 3 is 2.89 bits per heavy atom. The Morgan fingerprint density at radius 2 is 2.07 bits per heavy atom. The third kappa shape index (κ3) is 3.76. The number of aryl methyl sites for hydroxylation is 1. The van der Waals surface area contributed by atoms with Gasteiger partial charge in [-0.2, -0.15) is 0 Å². The van der Waals surface area contributed by atoms with Gasteiger partial charge in [-0.05, 0) is 61.9 Å². The van der Waals surface area contributed by atoms with E-state index in [2.05, 4.69) is 46.9 Å². The number of nitrogens with zero attached hydrogens (tertiary/aromatic N) is 3. The predicted molar refractivity (Wildman–Crippen MR) is 107 cm³/mol. The van der Waals surface area contributed by atoms with Gasteiger partial charge in [-0.1, -0.05) is 6.07 Å². The van der Waals surface area contributed by atoms with Crippen LogP contribution in [-0.2, 0) is 17.9 Å². The van der Waals surface area contributed by atoms with E-state index in [1.807, 2.05) is 4.90 Å². The van der Waals surface area contributed by atoms with Gasteiger partial charge < -0.3 is 14.6 Å². The molecule has 5 nitrogen and oxygen atoms in total. The summed E-state index contributed by atoms with van der Waals surface area (Å²) in [7, 11) is 0. The molecule has 2 aromatic rings. The van der Waals surface area contributed by atoms with Crippen LogP contribution in [0.4, 0.5) is 0 Å². The minimum atomic E-state index is 0.0585. The molecule has 27 heavy (non-hydrogen) atoms. The molecule has 3 heterocycles. The van der Waals surface area contributed by atoms with Crippen molar-refractivity contribution in [2.45, 2.75) is 45.7 Å². The first kappa shape index (κ1) is 18.5. The Bertz CT molecular complexity index is 815. The molecule has 1 amide bonds. The molecule has 0 aliphatic carbocycles. The number of hydrogen-bond donors (Lipinski definition) is 1. The lowest BCUT2D eigenvalue weighted by Gasteiger charge is -2.48. The molecule has 2 aliphatic heterocycles. The van der Waals surface area contributed by atoms with Crippen LogP contribution in [0.3, 0.4) is 0 Å². The Kier molecular flexibility index (Phi) is 5.24. The van der Waals surface area contributed by atoms with Crippen LogP contribution in [-0.4, -0.2) is 58.2 Å². The summed E-state index contributed by atoms with van der Waals surface area (Å²) < 4.78 is 2.28. The van der Waals surface area contributed by atoms with E-state index in [4.69, 9.17) is 0 Å². The van der Waals surface area contributed by atoms with Gasteiger partial charge in [0.1, 0.15) is 0 Å². The normalized spacial score (nSPS) is 24.2. The highest BCUT2D eigenvalue weighted by Crippen LogP contribution is 2.39. The Balaban J connectivity index is 1.46. The van der Waals surface area contributed by atoms with E-state index in [-0.39, 0.29) is 17.9 Å². The van der Waals surface area contributed by atoms with Crippen LogP contribution in [0.2, 0.25) is 0 Å². The number of benzene rings is 1. The van der Waals surface area contributed by atoms with Crippen molar-refractivity contribution in [1.82, 2.24) is 14.4 Å². The van der Waals surface area contributed by atoms with Crippen LogP contribution in [0, 0.1) is 5.41 Å². The minimum Gasteiger partial charge on any atom is -0.395 e. The monoisotopic (exact) mass is 369 g/mol. The molecule has 5 heteroatoms. The van der Waals surface area contributed by atoms with Crippen molar-refractivity contribution < 1.29 is 9.90 Å². The molecule has 0 unspecified atom stereocenters. The SMILES string of the molecule is CCn1ccc2cc(CN3CCC[C@@]4(CCC(=O)N(CCO)C4)C3)ccc21. The fourth-order valence-electron chi connectivity index (χ4n) is 5.09. The van der Waals surface area contributed by atoms with E-state index in [0.717, 1.165) is 39.1 Å². The molecule has 2 saturated heterocycles. The molecule has 1 aromatic carbocycles. The highest BCUT2D eigenvalue weighted by atomic mass is 16.3. The van der Waals surface area contributed by atoms with Gasteiger partial charge in [0.05, 0.1) is 6.61 Å². The molecule has 2 aliphatic rings. The largest absolute Gasteiger partial charge is 0.395 e. The van der Waals surface area contributed by atoms with Gasteiger partial charge in [-0.3, -0.25) is 9.69 Å². The van der Waals surface area contributed by atoms with Crippen molar-refractivity contribution in [1.29, 1.82) is 0 Å². The molecular formula is C22H31N3O2. The number of rotatable bonds is 5. The summed E-state index contributed by atoms with van der Waals surface area (Å²) in [5.41, 5.74) is 2.88. The summed E-state index contributed by atoms with van der Waals surface area (Å²) in [6, 6.07) is 9.04. The van der Waals surface area contributed by atoms with Gasteiger partial charge in [-0.15, -0.1) is 0 Å². The molecule has 1 aromatic heterocycles. The van der Waals surface area contributed by atoms with Crippen molar-refractivity contribution in [3.63, 3.8) is 0 Å². The summed E-state index contributed by atoms with van der Waals surface area (Å²) >= 11 is 0. The fourth-order valence-corrected chi connectivity index (χ4v) is 5.09. The lowest BCUT2D eigenvalue weighted by molar-refractivity contribution is -0.140. The maximum Gasteiger partial charge on any atom is 0.222 e. The maximum atomic E-state index is 12.1. The number of piperidine rings is 2. The molecule has 146 valence electrons. The molecule has 2 fully saturated rings. The molecule has 1 N–H and O–H groups in total. The Hall–Kier alpha value is -1.85. The van der Waals surface area contributed by atoms with Crippen LogP contribution in [0.25, 0.3) is 10.9 Å². The standard InChI is InChI=1S/C22H31N3O2/c1-2-24-11-7-19-14-18(4-5-20(19)24)15-23-10-3-8-22(16-23)9-6-21(27)25(17-22)12-13-26/h4-5,7,11,14,26H,2-3,6,8-10,12-13,15-17H2,1H3/t22-/m1/s1. The third-order valence-corrected chi connectivity index (χ3v) is 6.44. The zero-order valence-corrected chi connectivity index (χ0v) is 16.4. The summed E-state index contributed by atoms with van der Waals surface area (Å²) in [6.07, 6.45) is 6.17. The van der Waals surface area contributed by atoms with Gasteiger partial charge in [0.15, 0.2) is 0 Å². The number of aliphatic hydroxyl groups excluding tert-OH is 1. The number of hydrogen-bond acceptors (Lipinski definition) is 3. The van der Waals surface area contributed by atoms with E-state index in [0.29, 0.717) is 13.0 Å². The smallest absolute Gasteiger partial charge is 0.222 e. The first-order valence-corrected chi connectivity index (χ1v) is 10.3. The first-order valence-electron chi connectivity index (χ1n) is 10.3. The van der Waals surface area contributed by atoms with Crippen molar-refractivity contribution >= 4 is 16.8 Å². The molecule has 1 spiro atoms. The number of aromatic nitrogens is 1. The molecule has 4 rings (SSSR count). The molecule has 0 saturated carbocycles. The van der Waals surface area contributed by atoms with E-state index < -0.39 is 0 Å². The topological polar surface area (TPSA) is 48.7 Å². The number of carbonyl (C=O) groups excluding carboxylic acids is 1.